The van der Waals surface area contributed by atoms with Crippen molar-refractivity contribution < 1.29 is 24.6 Å². The van der Waals surface area contributed by atoms with Gasteiger partial charge >= 0.3 is 0 Å². The average molecular weight is 722 g/mol. The van der Waals surface area contributed by atoms with Crippen LogP contribution in [0.5, 0.6) is 0 Å². The number of nitrogen functional groups attached to an aromatic ring is 1. The van der Waals surface area contributed by atoms with Gasteiger partial charge in [0.2, 0.25) is 17.7 Å². The van der Waals surface area contributed by atoms with Crippen LogP contribution >= 0.6 is 11.3 Å². The second-order valence-corrected chi connectivity index (χ2v) is 15.2. The van der Waals surface area contributed by atoms with Gasteiger partial charge in [-0.15, -0.1) is 11.3 Å². The minimum Gasteiger partial charge on any atom is -0.390 e. The zero-order valence-corrected chi connectivity index (χ0v) is 31.0. The first kappa shape index (κ1) is 39.8. The number of anilines is 1. The molecule has 0 spiro atoms. The summed E-state index contributed by atoms with van der Waals surface area (Å²) in [5.74, 6) is -1.42. The Labute approximate surface area is 305 Å². The molecule has 1 fully saturated rings. The molecule has 1 aliphatic carbocycles. The van der Waals surface area contributed by atoms with Crippen LogP contribution in [0.1, 0.15) is 82.2 Å². The molecule has 12 nitrogen and oxygen atoms in total. The molecule has 0 unspecified atom stereocenters. The second kappa shape index (κ2) is 20.2. The number of thiazole rings is 1. The first-order chi connectivity index (χ1) is 24.5. The van der Waals surface area contributed by atoms with E-state index < -0.39 is 30.1 Å². The van der Waals surface area contributed by atoms with Crippen molar-refractivity contribution in [2.45, 2.75) is 103 Å². The summed E-state index contributed by atoms with van der Waals surface area (Å²) < 4.78 is 0. The quantitative estimate of drug-likeness (QED) is 0.143. The van der Waals surface area contributed by atoms with E-state index in [4.69, 9.17) is 5.73 Å². The fraction of sp³-hybridized carbons (Fsp3) is 0.579. The number of aliphatic hydroxyl groups is 2. The van der Waals surface area contributed by atoms with Gasteiger partial charge < -0.3 is 31.1 Å². The molecule has 5 N–H and O–H groups in total. The number of hydrogen-bond acceptors (Lipinski definition) is 10. The highest BCUT2D eigenvalue weighted by Crippen LogP contribution is 2.29. The van der Waals surface area contributed by atoms with Gasteiger partial charge in [0.1, 0.15) is 12.6 Å². The molecule has 0 aliphatic heterocycles. The number of hydrogen-bond donors (Lipinski definition) is 4. The van der Waals surface area contributed by atoms with E-state index in [2.05, 4.69) is 20.3 Å². The third-order valence-electron chi connectivity index (χ3n) is 9.61. The predicted molar refractivity (Wildman–Crippen MR) is 198 cm³/mol. The maximum atomic E-state index is 14.2. The molecule has 0 saturated heterocycles. The first-order valence-electron chi connectivity index (χ1n) is 18.1. The molecule has 4 rings (SSSR count). The van der Waals surface area contributed by atoms with E-state index in [-0.39, 0.29) is 43.7 Å². The van der Waals surface area contributed by atoms with Crippen LogP contribution in [0, 0.1) is 17.8 Å². The number of nitrogens with zero attached hydrogens (tertiary/aromatic N) is 5. The number of pyridine rings is 2. The minimum atomic E-state index is -1.16. The monoisotopic (exact) mass is 721 g/mol. The van der Waals surface area contributed by atoms with E-state index in [0.717, 1.165) is 36.9 Å². The number of carbonyl (C=O) groups is 3. The number of aliphatic hydroxyl groups excluding tert-OH is 2. The largest absolute Gasteiger partial charge is 0.390 e. The molecule has 13 heteroatoms. The van der Waals surface area contributed by atoms with Crippen LogP contribution in [-0.4, -0.2) is 91.1 Å². The highest BCUT2D eigenvalue weighted by molar-refractivity contribution is 7.13. The van der Waals surface area contributed by atoms with Crippen molar-refractivity contribution in [1.82, 2.24) is 30.1 Å². The lowest BCUT2D eigenvalue weighted by Crippen LogP contribution is -2.52. The zero-order chi connectivity index (χ0) is 36.8. The molecule has 4 atom stereocenters. The molecule has 3 amide bonds. The van der Waals surface area contributed by atoms with Crippen LogP contribution in [-0.2, 0) is 33.8 Å². The van der Waals surface area contributed by atoms with E-state index in [1.165, 1.54) is 22.7 Å². The van der Waals surface area contributed by atoms with Crippen molar-refractivity contribution in [2.24, 2.45) is 17.8 Å². The molecular formula is C38H55N7O5S. The molecule has 278 valence electrons. The number of likely N-dealkylation sites (N-methyl/N-ethyl adjacent to an activating group) is 1. The molecule has 3 aromatic rings. The zero-order valence-electron chi connectivity index (χ0n) is 30.2. The molecule has 51 heavy (non-hydrogen) atoms. The topological polar surface area (TPSA) is 175 Å². The summed E-state index contributed by atoms with van der Waals surface area (Å²) in [5.41, 5.74) is 8.12. The summed E-state index contributed by atoms with van der Waals surface area (Å²) in [5, 5.41) is 27.5. The predicted octanol–water partition coefficient (Wildman–Crippen LogP) is 4.02. The van der Waals surface area contributed by atoms with Crippen molar-refractivity contribution in [1.29, 1.82) is 0 Å². The highest BCUT2D eigenvalue weighted by atomic mass is 32.1. The van der Waals surface area contributed by atoms with Crippen molar-refractivity contribution in [3.8, 4) is 0 Å². The normalized spacial score (nSPS) is 15.9. The summed E-state index contributed by atoms with van der Waals surface area (Å²) in [6, 6.07) is 8.57. The van der Waals surface area contributed by atoms with Crippen LogP contribution in [0.2, 0.25) is 0 Å². The van der Waals surface area contributed by atoms with Gasteiger partial charge in [0.05, 0.1) is 23.8 Å². The van der Waals surface area contributed by atoms with Crippen LogP contribution in [0.25, 0.3) is 0 Å². The summed E-state index contributed by atoms with van der Waals surface area (Å²) in [4.78, 5) is 57.8. The maximum absolute atomic E-state index is 14.2. The lowest BCUT2D eigenvalue weighted by molar-refractivity contribution is -0.142. The number of nitrogens with two attached hydrogens (primary N) is 1. The third kappa shape index (κ3) is 13.3. The van der Waals surface area contributed by atoms with Gasteiger partial charge in [-0.3, -0.25) is 24.4 Å². The molecule has 3 heterocycles. The van der Waals surface area contributed by atoms with E-state index in [9.17, 15) is 24.6 Å². The summed E-state index contributed by atoms with van der Waals surface area (Å²) in [6.45, 7) is 4.33. The number of amides is 3. The Bertz CT molecular complexity index is 1500. The minimum absolute atomic E-state index is 0.134. The Morgan fingerprint density at radius 1 is 1.04 bits per heavy atom. The Hall–Kier alpha value is -3.94. The lowest BCUT2D eigenvalue weighted by Gasteiger charge is -2.34. The fourth-order valence-corrected chi connectivity index (χ4v) is 7.28. The summed E-state index contributed by atoms with van der Waals surface area (Å²) in [7, 11) is 1.70. The maximum Gasteiger partial charge on any atom is 0.241 e. The van der Waals surface area contributed by atoms with Crippen LogP contribution in [0.4, 0.5) is 5.13 Å². The number of nitrogens with one attached hydrogen (secondary N) is 1. The molecule has 1 aliphatic rings. The lowest BCUT2D eigenvalue weighted by atomic mass is 9.82. The molecule has 1 saturated carbocycles. The van der Waals surface area contributed by atoms with Gasteiger partial charge in [-0.2, -0.15) is 0 Å². The molecule has 0 radical (unpaired) electrons. The Kier molecular flexibility index (Phi) is 15.8. The Morgan fingerprint density at radius 2 is 1.82 bits per heavy atom. The average Bonchev–Trinajstić information content (AvgIpc) is 3.54. The van der Waals surface area contributed by atoms with Gasteiger partial charge in [-0.1, -0.05) is 58.1 Å². The number of carbonyl (C=O) groups excluding carboxylic acids is 3. The molecule has 3 aromatic heterocycles. The van der Waals surface area contributed by atoms with Gasteiger partial charge in [0.25, 0.3) is 0 Å². The summed E-state index contributed by atoms with van der Waals surface area (Å²) >= 11 is 1.26. The molecule has 0 aromatic carbocycles. The number of aromatic nitrogens is 3. The van der Waals surface area contributed by atoms with Crippen LogP contribution in [0.15, 0.2) is 54.3 Å². The third-order valence-corrected chi connectivity index (χ3v) is 10.3. The van der Waals surface area contributed by atoms with E-state index in [0.29, 0.717) is 42.6 Å². The van der Waals surface area contributed by atoms with Crippen molar-refractivity contribution in [2.75, 3.05) is 25.9 Å². The van der Waals surface area contributed by atoms with Gasteiger partial charge in [0, 0.05) is 69.1 Å². The van der Waals surface area contributed by atoms with E-state index >= 15 is 0 Å². The standard InChI is InChI=1S/C38H55N7O5S/c1-26(2)18-33(46)36(49)32(19-27-10-5-4-6-11-27)43-37(50)29(20-31-25-51-38(39)42-31)21-34(47)45(23-28-12-9-15-40-22-28)24-35(48)44(3)17-14-30-13-7-8-16-41-30/h7-9,12-13,15-16,22,25-27,29,32-33,36,46,49H,4-6,10-11,14,17-21,23-24H2,1-3H3,(H2,39,42)(H,43,50)/t29-,32+,33+,36-/m1/s1. The second-order valence-electron chi connectivity index (χ2n) is 14.3. The highest BCUT2D eigenvalue weighted by Gasteiger charge is 2.34. The molecule has 0 bridgehead atoms. The van der Waals surface area contributed by atoms with Gasteiger partial charge in [-0.05, 0) is 48.4 Å². The SMILES string of the molecule is CC(C)C[C@H](O)[C@H](O)[C@H](CC1CCCCC1)NC(=O)[C@@H](CC(=O)N(CC(=O)N(C)CCc1ccccn1)Cc1cccnc1)Cc1csc(N)n1. The summed E-state index contributed by atoms with van der Waals surface area (Å²) in [6.07, 6.45) is 9.67. The van der Waals surface area contributed by atoms with Crippen molar-refractivity contribution in [3.63, 3.8) is 0 Å². The Morgan fingerprint density at radius 3 is 2.47 bits per heavy atom. The van der Waals surface area contributed by atoms with Crippen LogP contribution in [0.3, 0.4) is 0 Å². The van der Waals surface area contributed by atoms with Gasteiger partial charge in [0.15, 0.2) is 5.13 Å². The van der Waals surface area contributed by atoms with E-state index in [1.54, 1.807) is 42.0 Å². The van der Waals surface area contributed by atoms with E-state index in [1.807, 2.05) is 38.1 Å². The smallest absolute Gasteiger partial charge is 0.241 e. The molecular weight excluding hydrogens is 667 g/mol. The fourth-order valence-electron chi connectivity index (χ4n) is 6.70. The van der Waals surface area contributed by atoms with Crippen LogP contribution < -0.4 is 11.1 Å². The Balaban J connectivity index is 1.54. The number of rotatable bonds is 19. The van der Waals surface area contributed by atoms with Gasteiger partial charge in [-0.25, -0.2) is 4.98 Å². The van der Waals surface area contributed by atoms with Crippen molar-refractivity contribution >= 4 is 34.2 Å². The first-order valence-corrected chi connectivity index (χ1v) is 19.0. The van der Waals surface area contributed by atoms with Crippen molar-refractivity contribution in [3.05, 3.63) is 71.3 Å².